The van der Waals surface area contributed by atoms with E-state index in [1.165, 1.54) is 12.8 Å². The molecule has 152 valence electrons. The second kappa shape index (κ2) is 13.0. The van der Waals surface area contributed by atoms with Crippen LogP contribution in [0, 0.1) is 0 Å². The molecule has 0 aromatic carbocycles. The second-order valence-electron chi connectivity index (χ2n) is 7.77. The molecule has 1 aliphatic carbocycles. The fourth-order valence-electron chi connectivity index (χ4n) is 3.56. The maximum absolute atomic E-state index is 12.0. The number of aliphatic imine (C=N–C) groups is 1. The zero-order valence-electron chi connectivity index (χ0n) is 17.6. The smallest absolute Gasteiger partial charge is 0.221 e. The summed E-state index contributed by atoms with van der Waals surface area (Å²) in [6.07, 6.45) is 6.28. The van der Waals surface area contributed by atoms with Crippen LogP contribution in [0.15, 0.2) is 4.99 Å². The molecule has 0 unspecified atom stereocenters. The summed E-state index contributed by atoms with van der Waals surface area (Å²) < 4.78 is 0. The van der Waals surface area contributed by atoms with Gasteiger partial charge in [-0.25, -0.2) is 0 Å². The van der Waals surface area contributed by atoms with Crippen LogP contribution in [0.1, 0.15) is 73.1 Å². The first-order chi connectivity index (χ1) is 12.4. The van der Waals surface area contributed by atoms with Gasteiger partial charge in [-0.15, -0.1) is 0 Å². The molecule has 1 rings (SSSR count). The molecule has 0 aromatic rings. The van der Waals surface area contributed by atoms with Gasteiger partial charge in [0.15, 0.2) is 5.96 Å². The van der Waals surface area contributed by atoms with Crippen molar-refractivity contribution in [3.05, 3.63) is 0 Å². The summed E-state index contributed by atoms with van der Waals surface area (Å²) in [5.41, 5.74) is 0. The highest BCUT2D eigenvalue weighted by molar-refractivity contribution is 5.81. The van der Waals surface area contributed by atoms with E-state index in [1.54, 1.807) is 0 Å². The van der Waals surface area contributed by atoms with Crippen LogP contribution in [-0.2, 0) is 4.79 Å². The third-order valence-corrected chi connectivity index (χ3v) is 4.88. The third-order valence-electron chi connectivity index (χ3n) is 4.88. The Morgan fingerprint density at radius 1 is 1.12 bits per heavy atom. The second-order valence-corrected chi connectivity index (χ2v) is 7.77. The summed E-state index contributed by atoms with van der Waals surface area (Å²) in [5, 5.41) is 9.66. The lowest BCUT2D eigenvalue weighted by atomic mass is 10.2. The number of guanidine groups is 1. The normalized spacial score (nSPS) is 15.9. The van der Waals surface area contributed by atoms with Gasteiger partial charge in [-0.1, -0.05) is 12.8 Å². The van der Waals surface area contributed by atoms with Crippen LogP contribution in [-0.4, -0.2) is 61.1 Å². The van der Waals surface area contributed by atoms with E-state index in [9.17, 15) is 4.79 Å². The monoisotopic (exact) mass is 367 g/mol. The van der Waals surface area contributed by atoms with Gasteiger partial charge in [-0.3, -0.25) is 14.7 Å². The van der Waals surface area contributed by atoms with Crippen molar-refractivity contribution >= 4 is 11.9 Å². The average Bonchev–Trinajstić information content (AvgIpc) is 3.06. The maximum atomic E-state index is 12.0. The molecule has 0 spiro atoms. The van der Waals surface area contributed by atoms with E-state index in [0.29, 0.717) is 31.1 Å². The SMILES string of the molecule is CCNC(=NCCCN(C(C)C)C(C)C)NCCC(=O)NC1CCCC1. The minimum Gasteiger partial charge on any atom is -0.357 e. The average molecular weight is 368 g/mol. The number of carbonyl (C=O) groups is 1. The van der Waals surface area contributed by atoms with E-state index < -0.39 is 0 Å². The zero-order valence-corrected chi connectivity index (χ0v) is 17.6. The number of rotatable bonds is 11. The Hall–Kier alpha value is -1.30. The fraction of sp³-hybridized carbons (Fsp3) is 0.900. The fourth-order valence-corrected chi connectivity index (χ4v) is 3.56. The van der Waals surface area contributed by atoms with Crippen LogP contribution >= 0.6 is 0 Å². The first-order valence-electron chi connectivity index (χ1n) is 10.5. The molecule has 1 saturated carbocycles. The molecule has 0 aliphatic heterocycles. The Morgan fingerprint density at radius 2 is 1.77 bits per heavy atom. The van der Waals surface area contributed by atoms with Crippen LogP contribution in [0.5, 0.6) is 0 Å². The van der Waals surface area contributed by atoms with Gasteiger partial charge in [0.05, 0.1) is 0 Å². The van der Waals surface area contributed by atoms with Gasteiger partial charge in [-0.05, 0) is 53.9 Å². The number of hydrogen-bond acceptors (Lipinski definition) is 3. The molecule has 0 aromatic heterocycles. The summed E-state index contributed by atoms with van der Waals surface area (Å²) in [4.78, 5) is 19.1. The quantitative estimate of drug-likeness (QED) is 0.298. The molecule has 1 aliphatic rings. The molecular weight excluding hydrogens is 326 g/mol. The molecule has 6 nitrogen and oxygen atoms in total. The first-order valence-corrected chi connectivity index (χ1v) is 10.5. The molecule has 0 saturated heterocycles. The van der Waals surface area contributed by atoms with Crippen molar-refractivity contribution in [2.45, 2.75) is 91.3 Å². The lowest BCUT2D eigenvalue weighted by Crippen LogP contribution is -2.41. The summed E-state index contributed by atoms with van der Waals surface area (Å²) in [6.45, 7) is 14.3. The van der Waals surface area contributed by atoms with E-state index in [0.717, 1.165) is 44.9 Å². The topological polar surface area (TPSA) is 68.8 Å². The van der Waals surface area contributed by atoms with Crippen molar-refractivity contribution in [2.24, 2.45) is 4.99 Å². The zero-order chi connectivity index (χ0) is 19.4. The van der Waals surface area contributed by atoms with Crippen molar-refractivity contribution in [1.29, 1.82) is 0 Å². The summed E-state index contributed by atoms with van der Waals surface area (Å²) in [6, 6.07) is 1.52. The van der Waals surface area contributed by atoms with Crippen molar-refractivity contribution in [3.63, 3.8) is 0 Å². The molecule has 0 radical (unpaired) electrons. The van der Waals surface area contributed by atoms with Crippen LogP contribution in [0.25, 0.3) is 0 Å². The molecule has 26 heavy (non-hydrogen) atoms. The molecule has 1 amide bonds. The Labute approximate surface area is 160 Å². The lowest BCUT2D eigenvalue weighted by Gasteiger charge is -2.30. The highest BCUT2D eigenvalue weighted by Crippen LogP contribution is 2.17. The van der Waals surface area contributed by atoms with Gasteiger partial charge in [0, 0.05) is 50.7 Å². The molecule has 6 heteroatoms. The minimum atomic E-state index is 0.143. The van der Waals surface area contributed by atoms with Crippen LogP contribution in [0.2, 0.25) is 0 Å². The highest BCUT2D eigenvalue weighted by atomic mass is 16.1. The van der Waals surface area contributed by atoms with Gasteiger partial charge in [0.2, 0.25) is 5.91 Å². The van der Waals surface area contributed by atoms with Crippen LogP contribution < -0.4 is 16.0 Å². The van der Waals surface area contributed by atoms with E-state index in [4.69, 9.17) is 0 Å². The van der Waals surface area contributed by atoms with Gasteiger partial charge in [0.25, 0.3) is 0 Å². The first kappa shape index (κ1) is 22.7. The largest absolute Gasteiger partial charge is 0.357 e. The van der Waals surface area contributed by atoms with Crippen molar-refractivity contribution in [3.8, 4) is 0 Å². The van der Waals surface area contributed by atoms with Crippen molar-refractivity contribution < 1.29 is 4.79 Å². The molecule has 0 heterocycles. The number of amides is 1. The minimum absolute atomic E-state index is 0.143. The maximum Gasteiger partial charge on any atom is 0.221 e. The standard InChI is InChI=1S/C20H41N5O/c1-6-21-20(22-13-9-15-25(16(2)3)17(4)5)23-14-12-19(26)24-18-10-7-8-11-18/h16-18H,6-15H2,1-5H3,(H,24,26)(H2,21,22,23). The lowest BCUT2D eigenvalue weighted by molar-refractivity contribution is -0.121. The van der Waals surface area contributed by atoms with Gasteiger partial charge in [-0.2, -0.15) is 0 Å². The van der Waals surface area contributed by atoms with Crippen molar-refractivity contribution in [2.75, 3.05) is 26.2 Å². The number of carbonyl (C=O) groups excluding carboxylic acids is 1. The van der Waals surface area contributed by atoms with Crippen molar-refractivity contribution in [1.82, 2.24) is 20.9 Å². The van der Waals surface area contributed by atoms with Gasteiger partial charge in [0.1, 0.15) is 0 Å². The van der Waals surface area contributed by atoms with E-state index >= 15 is 0 Å². The Kier molecular flexibility index (Phi) is 11.3. The molecule has 3 N–H and O–H groups in total. The van der Waals surface area contributed by atoms with Gasteiger partial charge >= 0.3 is 0 Å². The number of hydrogen-bond donors (Lipinski definition) is 3. The molecule has 0 atom stereocenters. The van der Waals surface area contributed by atoms with Crippen LogP contribution in [0.3, 0.4) is 0 Å². The van der Waals surface area contributed by atoms with Gasteiger partial charge < -0.3 is 16.0 Å². The summed E-state index contributed by atoms with van der Waals surface area (Å²) in [7, 11) is 0. The molecule has 1 fully saturated rings. The van der Waals surface area contributed by atoms with E-state index in [-0.39, 0.29) is 5.91 Å². The predicted octanol–water partition coefficient (Wildman–Crippen LogP) is 2.50. The Balaban J connectivity index is 2.28. The number of nitrogens with zero attached hydrogens (tertiary/aromatic N) is 2. The summed E-state index contributed by atoms with van der Waals surface area (Å²) >= 11 is 0. The Bertz CT molecular complexity index is 408. The third kappa shape index (κ3) is 9.41. The van der Waals surface area contributed by atoms with E-state index in [2.05, 4.69) is 60.5 Å². The predicted molar refractivity (Wildman–Crippen MR) is 111 cm³/mol. The molecule has 0 bridgehead atoms. The Morgan fingerprint density at radius 3 is 2.35 bits per heavy atom. The summed E-state index contributed by atoms with van der Waals surface area (Å²) in [5.74, 6) is 0.951. The highest BCUT2D eigenvalue weighted by Gasteiger charge is 2.16. The molecular formula is C20H41N5O. The van der Waals surface area contributed by atoms with E-state index in [1.807, 2.05) is 0 Å². The van der Waals surface area contributed by atoms with Crippen LogP contribution in [0.4, 0.5) is 0 Å². The number of nitrogens with one attached hydrogen (secondary N) is 3.